The number of ether oxygens (including phenoxy) is 1. The normalized spacial score (nSPS) is 28.4. The SMILES string of the molecule is O=C(OCc1ccccc1)N1[C@H](CS)C[C@@H]2CCC[C@@H]21. The highest BCUT2D eigenvalue weighted by atomic mass is 32.1. The number of benzene rings is 1. The number of rotatable bonds is 3. The van der Waals surface area contributed by atoms with Gasteiger partial charge in [-0.05, 0) is 30.7 Å². The second kappa shape index (κ2) is 6.08. The van der Waals surface area contributed by atoms with Crippen molar-refractivity contribution < 1.29 is 9.53 Å². The molecule has 1 saturated heterocycles. The van der Waals surface area contributed by atoms with E-state index in [1.165, 1.54) is 12.8 Å². The third-order valence-corrected chi connectivity index (χ3v) is 4.99. The van der Waals surface area contributed by atoms with Gasteiger partial charge >= 0.3 is 6.09 Å². The first kappa shape index (κ1) is 13.8. The Hall–Kier alpha value is -1.16. The molecule has 1 aromatic carbocycles. The first-order valence-corrected chi connectivity index (χ1v) is 8.02. The molecule has 0 aromatic heterocycles. The Bertz CT molecular complexity index is 465. The standard InChI is InChI=1S/C16H21NO2S/c18-16(19-10-12-5-2-1-3-6-12)17-14(11-20)9-13-7-4-8-15(13)17/h1-3,5-6,13-15,20H,4,7-11H2/t13-,14-,15-/m0/s1. The van der Waals surface area contributed by atoms with Crippen LogP contribution in [0.25, 0.3) is 0 Å². The van der Waals surface area contributed by atoms with Crippen LogP contribution in [0.4, 0.5) is 4.79 Å². The number of thiol groups is 1. The van der Waals surface area contributed by atoms with Crippen molar-refractivity contribution in [2.75, 3.05) is 5.75 Å². The summed E-state index contributed by atoms with van der Waals surface area (Å²) in [5.41, 5.74) is 1.03. The average Bonchev–Trinajstić information content (AvgIpc) is 3.05. The Kier molecular flexibility index (Phi) is 4.20. The summed E-state index contributed by atoms with van der Waals surface area (Å²) in [4.78, 5) is 14.4. The van der Waals surface area contributed by atoms with E-state index in [0.717, 1.165) is 24.2 Å². The van der Waals surface area contributed by atoms with Gasteiger partial charge in [0.15, 0.2) is 0 Å². The molecule has 20 heavy (non-hydrogen) atoms. The van der Waals surface area contributed by atoms with E-state index < -0.39 is 0 Å². The topological polar surface area (TPSA) is 29.5 Å². The zero-order valence-electron chi connectivity index (χ0n) is 11.6. The van der Waals surface area contributed by atoms with Gasteiger partial charge in [0.25, 0.3) is 0 Å². The van der Waals surface area contributed by atoms with Gasteiger partial charge < -0.3 is 9.64 Å². The molecule has 2 aliphatic rings. The van der Waals surface area contributed by atoms with E-state index in [2.05, 4.69) is 12.6 Å². The maximum atomic E-state index is 12.4. The van der Waals surface area contributed by atoms with Gasteiger partial charge in [0, 0.05) is 17.8 Å². The van der Waals surface area contributed by atoms with Gasteiger partial charge in [0.05, 0.1) is 0 Å². The van der Waals surface area contributed by atoms with Crippen molar-refractivity contribution in [2.24, 2.45) is 5.92 Å². The number of carbonyl (C=O) groups is 1. The summed E-state index contributed by atoms with van der Waals surface area (Å²) in [7, 11) is 0. The van der Waals surface area contributed by atoms with Gasteiger partial charge in [0.2, 0.25) is 0 Å². The van der Waals surface area contributed by atoms with E-state index in [4.69, 9.17) is 4.74 Å². The molecule has 3 nitrogen and oxygen atoms in total. The molecule has 3 rings (SSSR count). The van der Waals surface area contributed by atoms with Crippen molar-refractivity contribution in [3.8, 4) is 0 Å². The van der Waals surface area contributed by atoms with Crippen molar-refractivity contribution in [1.29, 1.82) is 0 Å². The third-order valence-electron chi connectivity index (χ3n) is 4.57. The summed E-state index contributed by atoms with van der Waals surface area (Å²) in [5.74, 6) is 1.39. The third kappa shape index (κ3) is 2.66. The zero-order valence-corrected chi connectivity index (χ0v) is 12.5. The van der Waals surface area contributed by atoms with Gasteiger partial charge in [0.1, 0.15) is 6.61 Å². The summed E-state index contributed by atoms with van der Waals surface area (Å²) < 4.78 is 5.51. The van der Waals surface area contributed by atoms with E-state index in [9.17, 15) is 4.79 Å². The van der Waals surface area contributed by atoms with Gasteiger partial charge in [-0.3, -0.25) is 0 Å². The Morgan fingerprint density at radius 2 is 2.10 bits per heavy atom. The Balaban J connectivity index is 1.63. The predicted octanol–water partition coefficient (Wildman–Crippen LogP) is 3.50. The van der Waals surface area contributed by atoms with Gasteiger partial charge in [-0.1, -0.05) is 36.8 Å². The molecule has 3 atom stereocenters. The fourth-order valence-corrected chi connectivity index (χ4v) is 3.96. The first-order valence-electron chi connectivity index (χ1n) is 7.39. The molecule has 4 heteroatoms. The van der Waals surface area contributed by atoms with Crippen molar-refractivity contribution in [3.63, 3.8) is 0 Å². The fourth-order valence-electron chi connectivity index (χ4n) is 3.63. The molecule has 0 spiro atoms. The van der Waals surface area contributed by atoms with E-state index in [1.54, 1.807) is 0 Å². The van der Waals surface area contributed by atoms with E-state index in [1.807, 2.05) is 35.2 Å². The Morgan fingerprint density at radius 3 is 2.85 bits per heavy atom. The molecular formula is C16H21NO2S. The molecular weight excluding hydrogens is 270 g/mol. The maximum absolute atomic E-state index is 12.4. The number of carbonyl (C=O) groups excluding carboxylic acids is 1. The molecule has 0 radical (unpaired) electrons. The summed E-state index contributed by atoms with van der Waals surface area (Å²) in [6, 6.07) is 10.5. The minimum atomic E-state index is -0.165. The number of likely N-dealkylation sites (tertiary alicyclic amines) is 1. The monoisotopic (exact) mass is 291 g/mol. The summed E-state index contributed by atoms with van der Waals surface area (Å²) in [6.07, 6.45) is 4.53. The molecule has 2 fully saturated rings. The number of hydrogen-bond donors (Lipinski definition) is 1. The van der Waals surface area contributed by atoms with Crippen LogP contribution in [-0.4, -0.2) is 28.8 Å². The van der Waals surface area contributed by atoms with Crippen LogP contribution in [0, 0.1) is 5.92 Å². The van der Waals surface area contributed by atoms with Crippen molar-refractivity contribution in [1.82, 2.24) is 4.90 Å². The molecule has 1 saturated carbocycles. The van der Waals surface area contributed by atoms with Crippen molar-refractivity contribution in [3.05, 3.63) is 35.9 Å². The number of nitrogens with zero attached hydrogens (tertiary/aromatic N) is 1. The zero-order chi connectivity index (χ0) is 13.9. The summed E-state index contributed by atoms with van der Waals surface area (Å²) in [5, 5.41) is 0. The highest BCUT2D eigenvalue weighted by Crippen LogP contribution is 2.41. The molecule has 1 aromatic rings. The smallest absolute Gasteiger partial charge is 0.410 e. The molecule has 1 amide bonds. The largest absolute Gasteiger partial charge is 0.445 e. The van der Waals surface area contributed by atoms with E-state index in [0.29, 0.717) is 18.6 Å². The second-order valence-electron chi connectivity index (χ2n) is 5.78. The Labute approximate surface area is 125 Å². The second-order valence-corrected chi connectivity index (χ2v) is 6.14. The lowest BCUT2D eigenvalue weighted by molar-refractivity contribution is 0.0800. The van der Waals surface area contributed by atoms with Crippen LogP contribution in [-0.2, 0) is 11.3 Å². The first-order chi connectivity index (χ1) is 9.79. The summed E-state index contributed by atoms with van der Waals surface area (Å²) in [6.45, 7) is 0.354. The van der Waals surface area contributed by atoms with Crippen LogP contribution in [0.1, 0.15) is 31.2 Å². The molecule has 108 valence electrons. The number of fused-ring (bicyclic) bond motifs is 1. The lowest BCUT2D eigenvalue weighted by Crippen LogP contribution is -2.42. The summed E-state index contributed by atoms with van der Waals surface area (Å²) >= 11 is 4.40. The van der Waals surface area contributed by atoms with Crippen LogP contribution in [0.3, 0.4) is 0 Å². The van der Waals surface area contributed by atoms with Gasteiger partial charge in [-0.25, -0.2) is 4.79 Å². The lowest BCUT2D eigenvalue weighted by Gasteiger charge is -2.28. The van der Waals surface area contributed by atoms with E-state index in [-0.39, 0.29) is 12.1 Å². The van der Waals surface area contributed by atoms with Gasteiger partial charge in [-0.15, -0.1) is 0 Å². The number of hydrogen-bond acceptors (Lipinski definition) is 3. The molecule has 0 unspecified atom stereocenters. The maximum Gasteiger partial charge on any atom is 0.410 e. The average molecular weight is 291 g/mol. The van der Waals surface area contributed by atoms with Crippen molar-refractivity contribution in [2.45, 2.75) is 44.4 Å². The Morgan fingerprint density at radius 1 is 1.30 bits per heavy atom. The quantitative estimate of drug-likeness (QED) is 0.864. The van der Waals surface area contributed by atoms with Crippen LogP contribution in [0.2, 0.25) is 0 Å². The highest BCUT2D eigenvalue weighted by molar-refractivity contribution is 7.80. The van der Waals surface area contributed by atoms with E-state index >= 15 is 0 Å². The molecule has 1 aliphatic carbocycles. The predicted molar refractivity (Wildman–Crippen MR) is 81.9 cm³/mol. The van der Waals surface area contributed by atoms with Crippen LogP contribution in [0.5, 0.6) is 0 Å². The minimum absolute atomic E-state index is 0.165. The van der Waals surface area contributed by atoms with Crippen LogP contribution in [0.15, 0.2) is 30.3 Å². The highest BCUT2D eigenvalue weighted by Gasteiger charge is 2.45. The van der Waals surface area contributed by atoms with Crippen LogP contribution >= 0.6 is 12.6 Å². The van der Waals surface area contributed by atoms with Crippen LogP contribution < -0.4 is 0 Å². The van der Waals surface area contributed by atoms with Gasteiger partial charge in [-0.2, -0.15) is 12.6 Å². The minimum Gasteiger partial charge on any atom is -0.445 e. The molecule has 0 N–H and O–H groups in total. The number of amides is 1. The fraction of sp³-hybridized carbons (Fsp3) is 0.562. The molecule has 1 aliphatic heterocycles. The van der Waals surface area contributed by atoms with Crippen molar-refractivity contribution >= 4 is 18.7 Å². The molecule has 1 heterocycles. The lowest BCUT2D eigenvalue weighted by atomic mass is 10.0. The molecule has 0 bridgehead atoms.